The molecule has 0 fully saturated rings. The summed E-state index contributed by atoms with van der Waals surface area (Å²) in [5.41, 5.74) is 4.54. The van der Waals surface area contributed by atoms with Gasteiger partial charge in [0, 0.05) is 16.3 Å². The Bertz CT molecular complexity index is 937. The monoisotopic (exact) mass is 269 g/mol. The minimum atomic E-state index is 1.05. The maximum absolute atomic E-state index is 4.90. The van der Waals surface area contributed by atoms with Crippen LogP contribution < -0.4 is 0 Å². The van der Waals surface area contributed by atoms with E-state index < -0.39 is 0 Å². The Morgan fingerprint density at radius 1 is 0.619 bits per heavy atom. The first-order valence-corrected chi connectivity index (χ1v) is 7.17. The molecule has 4 rings (SSSR count). The van der Waals surface area contributed by atoms with E-state index in [9.17, 15) is 0 Å². The van der Waals surface area contributed by atoms with Crippen LogP contribution in [0.5, 0.6) is 0 Å². The molecule has 0 amide bonds. The van der Waals surface area contributed by atoms with Crippen molar-refractivity contribution in [2.45, 2.75) is 6.92 Å². The van der Waals surface area contributed by atoms with Gasteiger partial charge >= 0.3 is 0 Å². The number of nitrogens with zero attached hydrogens (tertiary/aromatic N) is 1. The van der Waals surface area contributed by atoms with Crippen LogP contribution in [0.15, 0.2) is 72.8 Å². The molecule has 0 aliphatic heterocycles. The summed E-state index contributed by atoms with van der Waals surface area (Å²) in [6.45, 7) is 2.11. The lowest BCUT2D eigenvalue weighted by molar-refractivity contribution is 1.41. The minimum absolute atomic E-state index is 1.05. The third-order valence-corrected chi connectivity index (χ3v) is 3.93. The fraction of sp³-hybridized carbons (Fsp3) is 0.0500. The Hall–Kier alpha value is -2.67. The van der Waals surface area contributed by atoms with Crippen LogP contribution in [0.1, 0.15) is 5.56 Å². The van der Waals surface area contributed by atoms with Crippen molar-refractivity contribution in [1.29, 1.82) is 0 Å². The molecule has 1 heteroatoms. The van der Waals surface area contributed by atoms with Gasteiger partial charge < -0.3 is 0 Å². The first-order chi connectivity index (χ1) is 10.3. The topological polar surface area (TPSA) is 12.9 Å². The van der Waals surface area contributed by atoms with Gasteiger partial charge in [-0.1, -0.05) is 72.3 Å². The number of aryl methyl sites for hydroxylation is 1. The summed E-state index contributed by atoms with van der Waals surface area (Å²) in [6, 6.07) is 25.4. The molecule has 1 aromatic heterocycles. The van der Waals surface area contributed by atoms with Crippen LogP contribution in [0.2, 0.25) is 0 Å². The van der Waals surface area contributed by atoms with Gasteiger partial charge in [-0.15, -0.1) is 0 Å². The van der Waals surface area contributed by atoms with Crippen molar-refractivity contribution in [3.63, 3.8) is 0 Å². The van der Waals surface area contributed by atoms with E-state index in [1.54, 1.807) is 0 Å². The van der Waals surface area contributed by atoms with Crippen molar-refractivity contribution in [3.05, 3.63) is 78.4 Å². The molecule has 1 nitrogen and oxygen atoms in total. The second-order valence-corrected chi connectivity index (χ2v) is 5.39. The maximum atomic E-state index is 4.90. The first-order valence-electron chi connectivity index (χ1n) is 7.17. The maximum Gasteiger partial charge on any atom is 0.0788 e. The Balaban J connectivity index is 2.13. The fourth-order valence-electron chi connectivity index (χ4n) is 2.84. The highest BCUT2D eigenvalue weighted by atomic mass is 14.7. The van der Waals surface area contributed by atoms with Crippen molar-refractivity contribution in [2.24, 2.45) is 0 Å². The molecule has 3 aromatic carbocycles. The molecule has 0 atom stereocenters. The van der Waals surface area contributed by atoms with Gasteiger partial charge in [-0.25, -0.2) is 4.98 Å². The number of hydrogen-bond acceptors (Lipinski definition) is 1. The SMILES string of the molecule is Cc1ccc(-c2nc3ccccc3c3ccccc23)cc1. The van der Waals surface area contributed by atoms with Gasteiger partial charge in [0.05, 0.1) is 11.2 Å². The third kappa shape index (κ3) is 1.98. The van der Waals surface area contributed by atoms with Crippen LogP contribution in [0, 0.1) is 6.92 Å². The number of aromatic nitrogens is 1. The molecule has 21 heavy (non-hydrogen) atoms. The summed E-state index contributed by atoms with van der Waals surface area (Å²) < 4.78 is 0. The Labute approximate surface area is 123 Å². The lowest BCUT2D eigenvalue weighted by Gasteiger charge is -2.10. The van der Waals surface area contributed by atoms with Crippen molar-refractivity contribution in [1.82, 2.24) is 4.98 Å². The zero-order chi connectivity index (χ0) is 14.2. The average molecular weight is 269 g/mol. The number of benzene rings is 3. The van der Waals surface area contributed by atoms with Crippen LogP contribution in [0.25, 0.3) is 32.9 Å². The summed E-state index contributed by atoms with van der Waals surface area (Å²) in [7, 11) is 0. The number of para-hydroxylation sites is 1. The second-order valence-electron chi connectivity index (χ2n) is 5.39. The lowest BCUT2D eigenvalue weighted by atomic mass is 9.99. The predicted molar refractivity (Wildman–Crippen MR) is 89.4 cm³/mol. The highest BCUT2D eigenvalue weighted by Crippen LogP contribution is 2.32. The summed E-state index contributed by atoms with van der Waals surface area (Å²) in [5, 5.41) is 3.68. The van der Waals surface area contributed by atoms with Crippen molar-refractivity contribution in [2.75, 3.05) is 0 Å². The standard InChI is InChI=1S/C20H15N/c1-14-10-12-15(13-11-14)20-18-8-3-2-6-16(18)17-7-4-5-9-19(17)21-20/h2-13H,1H3. The number of rotatable bonds is 1. The summed E-state index contributed by atoms with van der Waals surface area (Å²) in [6.07, 6.45) is 0. The molecular formula is C20H15N. The van der Waals surface area contributed by atoms with E-state index in [1.807, 2.05) is 6.07 Å². The predicted octanol–water partition coefficient (Wildman–Crippen LogP) is 5.36. The van der Waals surface area contributed by atoms with Gasteiger partial charge in [0.1, 0.15) is 0 Å². The quantitative estimate of drug-likeness (QED) is 0.424. The molecule has 0 aliphatic rings. The summed E-state index contributed by atoms with van der Waals surface area (Å²) in [5.74, 6) is 0. The van der Waals surface area contributed by atoms with E-state index in [1.165, 1.54) is 27.3 Å². The molecule has 100 valence electrons. The van der Waals surface area contributed by atoms with Gasteiger partial charge in [0.2, 0.25) is 0 Å². The summed E-state index contributed by atoms with van der Waals surface area (Å²) >= 11 is 0. The van der Waals surface area contributed by atoms with Crippen molar-refractivity contribution < 1.29 is 0 Å². The van der Waals surface area contributed by atoms with E-state index in [-0.39, 0.29) is 0 Å². The molecule has 0 radical (unpaired) electrons. The third-order valence-electron chi connectivity index (χ3n) is 3.93. The molecule has 0 saturated heterocycles. The molecule has 0 saturated carbocycles. The Morgan fingerprint density at radius 3 is 2.00 bits per heavy atom. The van der Waals surface area contributed by atoms with Crippen LogP contribution in [-0.2, 0) is 0 Å². The molecule has 1 heterocycles. The first kappa shape index (κ1) is 12.1. The normalized spacial score (nSPS) is 11.1. The van der Waals surface area contributed by atoms with E-state index in [2.05, 4.69) is 73.7 Å². The van der Waals surface area contributed by atoms with Gasteiger partial charge in [-0.05, 0) is 18.4 Å². The number of pyridine rings is 1. The van der Waals surface area contributed by atoms with Crippen LogP contribution in [0.3, 0.4) is 0 Å². The van der Waals surface area contributed by atoms with Crippen LogP contribution in [-0.4, -0.2) is 4.98 Å². The fourth-order valence-corrected chi connectivity index (χ4v) is 2.84. The van der Waals surface area contributed by atoms with E-state index in [4.69, 9.17) is 4.98 Å². The van der Waals surface area contributed by atoms with Gasteiger partial charge in [0.15, 0.2) is 0 Å². The van der Waals surface area contributed by atoms with Crippen molar-refractivity contribution >= 4 is 21.7 Å². The van der Waals surface area contributed by atoms with Crippen LogP contribution in [0.4, 0.5) is 0 Å². The second kappa shape index (κ2) is 4.71. The molecule has 0 N–H and O–H groups in total. The molecule has 0 bridgehead atoms. The highest BCUT2D eigenvalue weighted by Gasteiger charge is 2.09. The van der Waals surface area contributed by atoms with Gasteiger partial charge in [0.25, 0.3) is 0 Å². The molecule has 0 unspecified atom stereocenters. The minimum Gasteiger partial charge on any atom is -0.247 e. The molecular weight excluding hydrogens is 254 g/mol. The zero-order valence-corrected chi connectivity index (χ0v) is 11.9. The van der Waals surface area contributed by atoms with Crippen LogP contribution >= 0.6 is 0 Å². The van der Waals surface area contributed by atoms with E-state index >= 15 is 0 Å². The Kier molecular flexibility index (Phi) is 2.71. The number of fused-ring (bicyclic) bond motifs is 3. The largest absolute Gasteiger partial charge is 0.247 e. The van der Waals surface area contributed by atoms with Crippen molar-refractivity contribution in [3.8, 4) is 11.3 Å². The lowest BCUT2D eigenvalue weighted by Crippen LogP contribution is -1.89. The highest BCUT2D eigenvalue weighted by molar-refractivity contribution is 6.10. The number of hydrogen-bond donors (Lipinski definition) is 0. The van der Waals surface area contributed by atoms with E-state index in [0.29, 0.717) is 0 Å². The average Bonchev–Trinajstić information content (AvgIpc) is 2.55. The zero-order valence-electron chi connectivity index (χ0n) is 11.9. The molecule has 0 aliphatic carbocycles. The summed E-state index contributed by atoms with van der Waals surface area (Å²) in [4.78, 5) is 4.90. The Morgan fingerprint density at radius 2 is 1.24 bits per heavy atom. The molecule has 0 spiro atoms. The smallest absolute Gasteiger partial charge is 0.0788 e. The van der Waals surface area contributed by atoms with Gasteiger partial charge in [-0.3, -0.25) is 0 Å². The molecule has 4 aromatic rings. The van der Waals surface area contributed by atoms with Gasteiger partial charge in [-0.2, -0.15) is 0 Å². The van der Waals surface area contributed by atoms with E-state index in [0.717, 1.165) is 11.2 Å².